The summed E-state index contributed by atoms with van der Waals surface area (Å²) in [6, 6.07) is 5.05. The van der Waals surface area contributed by atoms with Gasteiger partial charge in [0.1, 0.15) is 5.41 Å². The second-order valence-electron chi connectivity index (χ2n) is 6.38. The van der Waals surface area contributed by atoms with Crippen molar-refractivity contribution in [1.29, 1.82) is 0 Å². The molecule has 0 saturated carbocycles. The lowest BCUT2D eigenvalue weighted by Crippen LogP contribution is -2.52. The van der Waals surface area contributed by atoms with Gasteiger partial charge < -0.3 is 24.2 Å². The number of carbonyl (C=O) groups excluding carboxylic acids is 1. The van der Waals surface area contributed by atoms with E-state index in [9.17, 15) is 14.7 Å². The molecule has 0 bridgehead atoms. The summed E-state index contributed by atoms with van der Waals surface area (Å²) in [4.78, 5) is 26.3. The topological polar surface area (TPSA) is 85.3 Å². The van der Waals surface area contributed by atoms with E-state index < -0.39 is 11.4 Å². The first-order chi connectivity index (χ1) is 12.5. The van der Waals surface area contributed by atoms with Gasteiger partial charge in [-0.05, 0) is 44.9 Å². The van der Waals surface area contributed by atoms with E-state index in [1.165, 1.54) is 7.11 Å². The maximum atomic E-state index is 12.9. The van der Waals surface area contributed by atoms with E-state index >= 15 is 0 Å². The number of piperidine rings is 1. The van der Waals surface area contributed by atoms with Crippen molar-refractivity contribution in [2.75, 3.05) is 40.0 Å². The number of carbonyl (C=O) groups is 2. The van der Waals surface area contributed by atoms with Crippen molar-refractivity contribution in [2.24, 2.45) is 5.41 Å². The van der Waals surface area contributed by atoms with Crippen LogP contribution in [0, 0.1) is 5.41 Å². The van der Waals surface area contributed by atoms with Crippen LogP contribution >= 0.6 is 0 Å². The van der Waals surface area contributed by atoms with Crippen molar-refractivity contribution in [3.63, 3.8) is 0 Å². The SMILES string of the molecule is CCOc1ccc(C(=O)N2CCCC(COC)(C(=O)O)C2)cc1OCC. The number of amides is 1. The predicted octanol–water partition coefficient (Wildman–Crippen LogP) is 2.44. The Bertz CT molecular complexity index is 643. The Morgan fingerprint density at radius 3 is 2.50 bits per heavy atom. The molecule has 1 amide bonds. The number of likely N-dealkylation sites (tertiary alicyclic amines) is 1. The van der Waals surface area contributed by atoms with Crippen LogP contribution in [0.15, 0.2) is 18.2 Å². The molecular formula is C19H27NO6. The van der Waals surface area contributed by atoms with Crippen molar-refractivity contribution in [1.82, 2.24) is 4.90 Å². The van der Waals surface area contributed by atoms with Crippen molar-refractivity contribution in [3.8, 4) is 11.5 Å². The van der Waals surface area contributed by atoms with Gasteiger partial charge in [0.2, 0.25) is 0 Å². The molecule has 144 valence electrons. The fraction of sp³-hybridized carbons (Fsp3) is 0.579. The minimum atomic E-state index is -1.06. The zero-order valence-electron chi connectivity index (χ0n) is 15.6. The van der Waals surface area contributed by atoms with Crippen LogP contribution in [-0.4, -0.2) is 61.9 Å². The summed E-state index contributed by atoms with van der Waals surface area (Å²) >= 11 is 0. The van der Waals surface area contributed by atoms with Crippen LogP contribution < -0.4 is 9.47 Å². The average Bonchev–Trinajstić information content (AvgIpc) is 2.63. The normalized spacial score (nSPS) is 19.9. The predicted molar refractivity (Wildman–Crippen MR) is 95.9 cm³/mol. The van der Waals surface area contributed by atoms with Crippen LogP contribution in [0.1, 0.15) is 37.0 Å². The fourth-order valence-corrected chi connectivity index (χ4v) is 3.30. The van der Waals surface area contributed by atoms with Crippen molar-refractivity contribution in [2.45, 2.75) is 26.7 Å². The molecule has 1 atom stereocenters. The minimum absolute atomic E-state index is 0.0829. The second kappa shape index (κ2) is 8.89. The second-order valence-corrected chi connectivity index (χ2v) is 6.38. The van der Waals surface area contributed by atoms with Crippen LogP contribution in [0.4, 0.5) is 0 Å². The third-order valence-electron chi connectivity index (χ3n) is 4.53. The molecule has 26 heavy (non-hydrogen) atoms. The Kier molecular flexibility index (Phi) is 6.85. The number of aliphatic carboxylic acids is 1. The van der Waals surface area contributed by atoms with Gasteiger partial charge in [0.15, 0.2) is 11.5 Å². The first-order valence-electron chi connectivity index (χ1n) is 8.88. The number of carboxylic acid groups (broad SMARTS) is 1. The van der Waals surface area contributed by atoms with Gasteiger partial charge in [-0.3, -0.25) is 9.59 Å². The molecule has 1 N–H and O–H groups in total. The molecular weight excluding hydrogens is 338 g/mol. The summed E-state index contributed by atoms with van der Waals surface area (Å²) in [5, 5.41) is 9.65. The molecule has 1 saturated heterocycles. The Balaban J connectivity index is 2.24. The van der Waals surface area contributed by atoms with Crippen LogP contribution in [0.3, 0.4) is 0 Å². The maximum absolute atomic E-state index is 12.9. The number of nitrogens with zero attached hydrogens (tertiary/aromatic N) is 1. The molecule has 1 aliphatic heterocycles. The molecule has 1 heterocycles. The Morgan fingerprint density at radius 2 is 1.88 bits per heavy atom. The lowest BCUT2D eigenvalue weighted by atomic mass is 9.80. The summed E-state index contributed by atoms with van der Waals surface area (Å²) in [5.74, 6) is -0.0450. The Labute approximate surface area is 153 Å². The molecule has 7 nitrogen and oxygen atoms in total. The summed E-state index contributed by atoms with van der Waals surface area (Å²) in [7, 11) is 1.48. The maximum Gasteiger partial charge on any atom is 0.313 e. The van der Waals surface area contributed by atoms with E-state index in [4.69, 9.17) is 14.2 Å². The Hall–Kier alpha value is -2.28. The van der Waals surface area contributed by atoms with Gasteiger partial charge in [-0.2, -0.15) is 0 Å². The van der Waals surface area contributed by atoms with Crippen molar-refractivity contribution < 1.29 is 28.9 Å². The molecule has 1 aromatic rings. The lowest BCUT2D eigenvalue weighted by molar-refractivity contribution is -0.155. The number of hydrogen-bond acceptors (Lipinski definition) is 5. The molecule has 0 aromatic heterocycles. The number of benzene rings is 1. The van der Waals surface area contributed by atoms with Gasteiger partial charge in [0.25, 0.3) is 5.91 Å². The van der Waals surface area contributed by atoms with Crippen LogP contribution in [0.2, 0.25) is 0 Å². The molecule has 1 fully saturated rings. The first kappa shape index (κ1) is 20.0. The molecule has 1 aliphatic rings. The summed E-state index contributed by atoms with van der Waals surface area (Å²) in [6.07, 6.45) is 1.12. The van der Waals surface area contributed by atoms with E-state index in [1.807, 2.05) is 13.8 Å². The zero-order valence-corrected chi connectivity index (χ0v) is 15.6. The monoisotopic (exact) mass is 365 g/mol. The van der Waals surface area contributed by atoms with Crippen LogP contribution in [0.25, 0.3) is 0 Å². The standard InChI is InChI=1S/C19H27NO6/c1-4-25-15-8-7-14(11-16(15)26-5-2)17(21)20-10-6-9-19(12-20,13-24-3)18(22)23/h7-8,11H,4-6,9-10,12-13H2,1-3H3,(H,22,23). The van der Waals surface area contributed by atoms with Crippen molar-refractivity contribution >= 4 is 11.9 Å². The van der Waals surface area contributed by atoms with Gasteiger partial charge >= 0.3 is 5.97 Å². The molecule has 0 spiro atoms. The number of ether oxygens (including phenoxy) is 3. The zero-order chi connectivity index (χ0) is 19.2. The highest BCUT2D eigenvalue weighted by Gasteiger charge is 2.44. The van der Waals surface area contributed by atoms with Gasteiger partial charge in [-0.1, -0.05) is 0 Å². The van der Waals surface area contributed by atoms with E-state index in [0.717, 1.165) is 0 Å². The quantitative estimate of drug-likeness (QED) is 0.762. The van der Waals surface area contributed by atoms with Crippen LogP contribution in [0.5, 0.6) is 11.5 Å². The molecule has 0 radical (unpaired) electrons. The molecule has 0 aliphatic carbocycles. The first-order valence-corrected chi connectivity index (χ1v) is 8.88. The van der Waals surface area contributed by atoms with E-state index in [0.29, 0.717) is 49.7 Å². The summed E-state index contributed by atoms with van der Waals surface area (Å²) in [5.41, 5.74) is -0.605. The smallest absolute Gasteiger partial charge is 0.313 e. The molecule has 1 unspecified atom stereocenters. The summed E-state index contributed by atoms with van der Waals surface area (Å²) < 4.78 is 16.2. The average molecular weight is 365 g/mol. The lowest BCUT2D eigenvalue weighted by Gasteiger charge is -2.39. The van der Waals surface area contributed by atoms with Crippen molar-refractivity contribution in [3.05, 3.63) is 23.8 Å². The Morgan fingerprint density at radius 1 is 1.19 bits per heavy atom. The fourth-order valence-electron chi connectivity index (χ4n) is 3.30. The largest absolute Gasteiger partial charge is 0.490 e. The van der Waals surface area contributed by atoms with Gasteiger partial charge in [-0.15, -0.1) is 0 Å². The third-order valence-corrected chi connectivity index (χ3v) is 4.53. The molecule has 1 aromatic carbocycles. The third kappa shape index (κ3) is 4.27. The van der Waals surface area contributed by atoms with E-state index in [-0.39, 0.29) is 19.1 Å². The van der Waals surface area contributed by atoms with Gasteiger partial charge in [0.05, 0.1) is 19.8 Å². The highest BCUT2D eigenvalue weighted by molar-refractivity contribution is 5.95. The van der Waals surface area contributed by atoms with E-state index in [1.54, 1.807) is 23.1 Å². The minimum Gasteiger partial charge on any atom is -0.490 e. The number of hydrogen-bond donors (Lipinski definition) is 1. The number of rotatable bonds is 8. The number of methoxy groups -OCH3 is 1. The number of carboxylic acids is 1. The highest BCUT2D eigenvalue weighted by Crippen LogP contribution is 2.33. The van der Waals surface area contributed by atoms with E-state index in [2.05, 4.69) is 0 Å². The van der Waals surface area contributed by atoms with Gasteiger partial charge in [0, 0.05) is 25.8 Å². The summed E-state index contributed by atoms with van der Waals surface area (Å²) in [6.45, 7) is 5.43. The van der Waals surface area contributed by atoms with Gasteiger partial charge in [-0.25, -0.2) is 0 Å². The molecule has 7 heteroatoms. The molecule has 2 rings (SSSR count). The highest BCUT2D eigenvalue weighted by atomic mass is 16.5. The van der Waals surface area contributed by atoms with Crippen LogP contribution in [-0.2, 0) is 9.53 Å².